The van der Waals surface area contributed by atoms with E-state index in [4.69, 9.17) is 10.5 Å². The van der Waals surface area contributed by atoms with E-state index in [1.807, 2.05) is 24.3 Å². The molecule has 1 amide bonds. The highest BCUT2D eigenvalue weighted by Gasteiger charge is 2.18. The van der Waals surface area contributed by atoms with E-state index in [-0.39, 0.29) is 5.91 Å². The molecule has 0 heterocycles. The van der Waals surface area contributed by atoms with Crippen LogP contribution in [-0.2, 0) is 4.74 Å². The van der Waals surface area contributed by atoms with Gasteiger partial charge in [0.1, 0.15) is 0 Å². The number of carbonyl (C=O) groups is 1. The lowest BCUT2D eigenvalue weighted by atomic mass is 9.94. The van der Waals surface area contributed by atoms with E-state index in [0.717, 1.165) is 35.7 Å². The second-order valence-corrected chi connectivity index (χ2v) is 6.77. The van der Waals surface area contributed by atoms with Crippen molar-refractivity contribution in [2.75, 3.05) is 13.2 Å². The van der Waals surface area contributed by atoms with E-state index < -0.39 is 0 Å². The molecule has 5 heteroatoms. The van der Waals surface area contributed by atoms with Crippen LogP contribution in [0.25, 0.3) is 0 Å². The summed E-state index contributed by atoms with van der Waals surface area (Å²) in [6.07, 6.45) is 5.46. The van der Waals surface area contributed by atoms with Crippen molar-refractivity contribution in [3.63, 3.8) is 0 Å². The van der Waals surface area contributed by atoms with Gasteiger partial charge in [0.25, 0.3) is 5.91 Å². The fraction of sp³-hybridized carbons (Fsp3) is 0.562. The molecule has 1 fully saturated rings. The molecule has 0 atom stereocenters. The Kier molecular flexibility index (Phi) is 6.92. The first kappa shape index (κ1) is 16.7. The molecule has 0 aromatic heterocycles. The standard InChI is InChI=1S/C16H23IN2O2/c17-13-4-1-3-12(11-13)16(20)19-9-2-10-21-15-7-5-14(18)6-8-15/h1,3-4,11,14-15H,2,5-10,18H2,(H,19,20). The van der Waals surface area contributed by atoms with E-state index in [1.165, 1.54) is 0 Å². The number of hydrogen-bond acceptors (Lipinski definition) is 3. The van der Waals surface area contributed by atoms with Gasteiger partial charge in [-0.15, -0.1) is 0 Å². The summed E-state index contributed by atoms with van der Waals surface area (Å²) in [4.78, 5) is 11.9. The lowest BCUT2D eigenvalue weighted by Gasteiger charge is -2.26. The first-order chi connectivity index (χ1) is 10.1. The molecule has 0 aliphatic heterocycles. The fourth-order valence-corrected chi connectivity index (χ4v) is 3.05. The third-order valence-electron chi connectivity index (χ3n) is 3.77. The molecule has 0 saturated heterocycles. The van der Waals surface area contributed by atoms with Crippen LogP contribution >= 0.6 is 22.6 Å². The van der Waals surface area contributed by atoms with Gasteiger partial charge in [0.05, 0.1) is 6.10 Å². The molecular formula is C16H23IN2O2. The summed E-state index contributed by atoms with van der Waals surface area (Å²) in [7, 11) is 0. The molecule has 0 spiro atoms. The summed E-state index contributed by atoms with van der Waals surface area (Å²) in [6, 6.07) is 7.95. The number of rotatable bonds is 6. The third-order valence-corrected chi connectivity index (χ3v) is 4.44. The number of benzene rings is 1. The highest BCUT2D eigenvalue weighted by atomic mass is 127. The molecule has 0 bridgehead atoms. The minimum atomic E-state index is -0.0165. The van der Waals surface area contributed by atoms with Gasteiger partial charge in [-0.1, -0.05) is 6.07 Å². The average Bonchev–Trinajstić information content (AvgIpc) is 2.48. The second-order valence-electron chi connectivity index (χ2n) is 5.53. The zero-order chi connectivity index (χ0) is 15.1. The monoisotopic (exact) mass is 402 g/mol. The maximum absolute atomic E-state index is 11.9. The summed E-state index contributed by atoms with van der Waals surface area (Å²) in [5.41, 5.74) is 6.58. The summed E-state index contributed by atoms with van der Waals surface area (Å²) >= 11 is 2.21. The third kappa shape index (κ3) is 5.92. The van der Waals surface area contributed by atoms with Crippen molar-refractivity contribution >= 4 is 28.5 Å². The first-order valence-electron chi connectivity index (χ1n) is 7.56. The van der Waals surface area contributed by atoms with Crippen molar-refractivity contribution in [3.8, 4) is 0 Å². The van der Waals surface area contributed by atoms with Crippen molar-refractivity contribution in [1.82, 2.24) is 5.32 Å². The molecular weight excluding hydrogens is 379 g/mol. The predicted octanol–water partition coefficient (Wildman–Crippen LogP) is 2.70. The summed E-state index contributed by atoms with van der Waals surface area (Å²) in [5, 5.41) is 2.93. The number of nitrogens with one attached hydrogen (secondary N) is 1. The molecule has 0 unspecified atom stereocenters. The van der Waals surface area contributed by atoms with Gasteiger partial charge in [-0.05, 0) is 72.9 Å². The van der Waals surface area contributed by atoms with Gasteiger partial charge in [0, 0.05) is 28.3 Å². The minimum Gasteiger partial charge on any atom is -0.378 e. The Morgan fingerprint density at radius 2 is 2.10 bits per heavy atom. The fourth-order valence-electron chi connectivity index (χ4n) is 2.51. The number of amides is 1. The van der Waals surface area contributed by atoms with Crippen LogP contribution in [0, 0.1) is 3.57 Å². The molecule has 4 nitrogen and oxygen atoms in total. The summed E-state index contributed by atoms with van der Waals surface area (Å²) < 4.78 is 6.90. The summed E-state index contributed by atoms with van der Waals surface area (Å²) in [5.74, 6) is -0.0165. The van der Waals surface area contributed by atoms with Gasteiger partial charge in [-0.2, -0.15) is 0 Å². The SMILES string of the molecule is NC1CCC(OCCCNC(=O)c2cccc(I)c2)CC1. The van der Waals surface area contributed by atoms with Crippen LogP contribution in [0.4, 0.5) is 0 Å². The maximum Gasteiger partial charge on any atom is 0.251 e. The smallest absolute Gasteiger partial charge is 0.251 e. The molecule has 0 radical (unpaired) electrons. The topological polar surface area (TPSA) is 64.3 Å². The number of ether oxygens (including phenoxy) is 1. The van der Waals surface area contributed by atoms with Gasteiger partial charge < -0.3 is 15.8 Å². The largest absolute Gasteiger partial charge is 0.378 e. The van der Waals surface area contributed by atoms with Crippen molar-refractivity contribution in [2.45, 2.75) is 44.2 Å². The number of hydrogen-bond donors (Lipinski definition) is 2. The Balaban J connectivity index is 1.58. The van der Waals surface area contributed by atoms with Crippen LogP contribution in [0.2, 0.25) is 0 Å². The Hall–Kier alpha value is -0.660. The summed E-state index contributed by atoms with van der Waals surface area (Å²) in [6.45, 7) is 1.35. The van der Waals surface area contributed by atoms with E-state index >= 15 is 0 Å². The van der Waals surface area contributed by atoms with Crippen LogP contribution < -0.4 is 11.1 Å². The van der Waals surface area contributed by atoms with Crippen molar-refractivity contribution in [3.05, 3.63) is 33.4 Å². The van der Waals surface area contributed by atoms with Crippen molar-refractivity contribution in [1.29, 1.82) is 0 Å². The molecule has 1 aliphatic rings. The van der Waals surface area contributed by atoms with Crippen LogP contribution in [0.1, 0.15) is 42.5 Å². The predicted molar refractivity (Wildman–Crippen MR) is 92.3 cm³/mol. The quantitative estimate of drug-likeness (QED) is 0.568. The van der Waals surface area contributed by atoms with E-state index in [0.29, 0.717) is 30.9 Å². The number of halogens is 1. The van der Waals surface area contributed by atoms with Gasteiger partial charge >= 0.3 is 0 Å². The van der Waals surface area contributed by atoms with Gasteiger partial charge in [0.15, 0.2) is 0 Å². The first-order valence-corrected chi connectivity index (χ1v) is 8.64. The van der Waals surface area contributed by atoms with Crippen LogP contribution in [0.15, 0.2) is 24.3 Å². The molecule has 1 aromatic carbocycles. The maximum atomic E-state index is 11.9. The van der Waals surface area contributed by atoms with E-state index in [9.17, 15) is 4.79 Å². The van der Waals surface area contributed by atoms with Crippen LogP contribution in [0.5, 0.6) is 0 Å². The highest BCUT2D eigenvalue weighted by Crippen LogP contribution is 2.19. The molecule has 1 aromatic rings. The lowest BCUT2D eigenvalue weighted by Crippen LogP contribution is -2.31. The second kappa shape index (κ2) is 8.70. The highest BCUT2D eigenvalue weighted by molar-refractivity contribution is 14.1. The Morgan fingerprint density at radius 3 is 2.81 bits per heavy atom. The average molecular weight is 402 g/mol. The lowest BCUT2D eigenvalue weighted by molar-refractivity contribution is 0.0241. The Morgan fingerprint density at radius 1 is 1.33 bits per heavy atom. The number of nitrogens with two attached hydrogens (primary N) is 1. The zero-order valence-electron chi connectivity index (χ0n) is 12.2. The number of carbonyl (C=O) groups excluding carboxylic acids is 1. The van der Waals surface area contributed by atoms with E-state index in [1.54, 1.807) is 0 Å². The van der Waals surface area contributed by atoms with Gasteiger partial charge in [-0.3, -0.25) is 4.79 Å². The van der Waals surface area contributed by atoms with Crippen molar-refractivity contribution < 1.29 is 9.53 Å². The molecule has 2 rings (SSSR count). The zero-order valence-corrected chi connectivity index (χ0v) is 14.3. The molecule has 3 N–H and O–H groups in total. The molecule has 21 heavy (non-hydrogen) atoms. The van der Waals surface area contributed by atoms with Crippen molar-refractivity contribution in [2.24, 2.45) is 5.73 Å². The van der Waals surface area contributed by atoms with Crippen LogP contribution in [0.3, 0.4) is 0 Å². The van der Waals surface area contributed by atoms with Gasteiger partial charge in [-0.25, -0.2) is 0 Å². The van der Waals surface area contributed by atoms with E-state index in [2.05, 4.69) is 27.9 Å². The van der Waals surface area contributed by atoms with Gasteiger partial charge in [0.2, 0.25) is 0 Å². The van der Waals surface area contributed by atoms with Crippen LogP contribution in [-0.4, -0.2) is 31.2 Å². The molecule has 116 valence electrons. The normalized spacial score (nSPS) is 22.0. The Bertz CT molecular complexity index is 459. The molecule has 1 saturated carbocycles. The Labute approximate surface area is 140 Å². The molecule has 1 aliphatic carbocycles. The minimum absolute atomic E-state index is 0.0165.